The fourth-order valence-corrected chi connectivity index (χ4v) is 3.22. The molecule has 0 bridgehead atoms. The molecule has 1 fully saturated rings. The van der Waals surface area contributed by atoms with Crippen molar-refractivity contribution in [3.05, 3.63) is 72.2 Å². The van der Waals surface area contributed by atoms with Gasteiger partial charge in [0.1, 0.15) is 11.3 Å². The van der Waals surface area contributed by atoms with E-state index in [9.17, 15) is 4.79 Å². The van der Waals surface area contributed by atoms with Gasteiger partial charge in [-0.3, -0.25) is 4.79 Å². The standard InChI is InChI=1S/C18H17N3O/c22-18(15-13-20-11-5-4-10-17(20)19-15)21-12-6-9-16(21)14-7-2-1-3-8-14/h1-5,7-8,10-11,13,16H,6,9,12H2. The average molecular weight is 291 g/mol. The number of likely N-dealkylation sites (tertiary alicyclic amines) is 1. The maximum absolute atomic E-state index is 12.9. The normalized spacial score (nSPS) is 18.0. The number of nitrogens with zero attached hydrogens (tertiary/aromatic N) is 3. The number of carbonyl (C=O) groups excluding carboxylic acids is 1. The average Bonchev–Trinajstić information content (AvgIpc) is 3.21. The predicted molar refractivity (Wildman–Crippen MR) is 84.6 cm³/mol. The predicted octanol–water partition coefficient (Wildman–Crippen LogP) is 3.31. The first-order valence-corrected chi connectivity index (χ1v) is 7.62. The van der Waals surface area contributed by atoms with E-state index < -0.39 is 0 Å². The molecule has 0 spiro atoms. The van der Waals surface area contributed by atoms with Gasteiger partial charge in [0.05, 0.1) is 6.04 Å². The van der Waals surface area contributed by atoms with Crippen molar-refractivity contribution in [2.45, 2.75) is 18.9 Å². The van der Waals surface area contributed by atoms with Crippen molar-refractivity contribution >= 4 is 11.6 Å². The molecule has 3 aromatic rings. The molecule has 22 heavy (non-hydrogen) atoms. The molecule has 1 unspecified atom stereocenters. The van der Waals surface area contributed by atoms with Gasteiger partial charge in [-0.05, 0) is 30.5 Å². The van der Waals surface area contributed by atoms with Gasteiger partial charge in [-0.2, -0.15) is 0 Å². The van der Waals surface area contributed by atoms with E-state index in [0.717, 1.165) is 25.0 Å². The molecule has 1 atom stereocenters. The Hall–Kier alpha value is -2.62. The summed E-state index contributed by atoms with van der Waals surface area (Å²) >= 11 is 0. The van der Waals surface area contributed by atoms with Gasteiger partial charge in [0.15, 0.2) is 0 Å². The molecule has 1 aliphatic heterocycles. The Bertz CT molecular complexity index is 776. The second-order valence-electron chi connectivity index (χ2n) is 5.66. The number of aromatic nitrogens is 2. The maximum atomic E-state index is 12.9. The SMILES string of the molecule is O=C(c1cn2ccccc2n1)N1CCCC1c1ccccc1. The third kappa shape index (κ3) is 2.17. The van der Waals surface area contributed by atoms with Crippen LogP contribution in [0.1, 0.15) is 34.9 Å². The van der Waals surface area contributed by atoms with Crippen LogP contribution in [0.25, 0.3) is 5.65 Å². The van der Waals surface area contributed by atoms with Crippen LogP contribution in [0.15, 0.2) is 60.9 Å². The first-order valence-electron chi connectivity index (χ1n) is 7.62. The Morgan fingerprint density at radius 1 is 1.09 bits per heavy atom. The Morgan fingerprint density at radius 2 is 1.91 bits per heavy atom. The highest BCUT2D eigenvalue weighted by atomic mass is 16.2. The van der Waals surface area contributed by atoms with Crippen LogP contribution in [-0.2, 0) is 0 Å². The number of amides is 1. The summed E-state index contributed by atoms with van der Waals surface area (Å²) in [5.74, 6) is 0.0232. The van der Waals surface area contributed by atoms with E-state index in [-0.39, 0.29) is 11.9 Å². The molecule has 110 valence electrons. The van der Waals surface area contributed by atoms with E-state index >= 15 is 0 Å². The highest BCUT2D eigenvalue weighted by Crippen LogP contribution is 2.32. The third-order valence-corrected chi connectivity index (χ3v) is 4.28. The van der Waals surface area contributed by atoms with E-state index in [1.807, 2.05) is 58.1 Å². The molecule has 0 N–H and O–H groups in total. The summed E-state index contributed by atoms with van der Waals surface area (Å²) in [6.45, 7) is 0.798. The van der Waals surface area contributed by atoms with Gasteiger partial charge < -0.3 is 9.30 Å². The zero-order valence-corrected chi connectivity index (χ0v) is 12.2. The number of fused-ring (bicyclic) bond motifs is 1. The summed E-state index contributed by atoms with van der Waals surface area (Å²) in [6.07, 6.45) is 5.79. The summed E-state index contributed by atoms with van der Waals surface area (Å²) in [7, 11) is 0. The minimum absolute atomic E-state index is 0.0232. The summed E-state index contributed by atoms with van der Waals surface area (Å²) in [4.78, 5) is 19.3. The molecule has 0 saturated carbocycles. The van der Waals surface area contributed by atoms with Crippen LogP contribution in [0, 0.1) is 0 Å². The minimum atomic E-state index is 0.0232. The molecule has 4 nitrogen and oxygen atoms in total. The molecule has 1 aromatic carbocycles. The van der Waals surface area contributed by atoms with E-state index in [4.69, 9.17) is 0 Å². The van der Waals surface area contributed by atoms with Crippen LogP contribution in [-0.4, -0.2) is 26.7 Å². The van der Waals surface area contributed by atoms with Gasteiger partial charge >= 0.3 is 0 Å². The van der Waals surface area contributed by atoms with Gasteiger partial charge in [0.25, 0.3) is 5.91 Å². The second-order valence-corrected chi connectivity index (χ2v) is 5.66. The van der Waals surface area contributed by atoms with Crippen LogP contribution in [0.3, 0.4) is 0 Å². The Morgan fingerprint density at radius 3 is 2.73 bits per heavy atom. The molecule has 4 heteroatoms. The van der Waals surface area contributed by atoms with E-state index in [2.05, 4.69) is 17.1 Å². The molecular formula is C18H17N3O. The van der Waals surface area contributed by atoms with Crippen molar-refractivity contribution in [1.82, 2.24) is 14.3 Å². The molecule has 2 aromatic heterocycles. The Labute approximate surface area is 129 Å². The summed E-state index contributed by atoms with van der Waals surface area (Å²) < 4.78 is 1.89. The van der Waals surface area contributed by atoms with Gasteiger partial charge in [-0.15, -0.1) is 0 Å². The smallest absolute Gasteiger partial charge is 0.274 e. The number of rotatable bonds is 2. The molecular weight excluding hydrogens is 274 g/mol. The molecule has 4 rings (SSSR count). The Kier molecular flexibility index (Phi) is 3.15. The molecule has 1 aliphatic rings. The number of pyridine rings is 1. The Balaban J connectivity index is 1.66. The van der Waals surface area contributed by atoms with Crippen LogP contribution >= 0.6 is 0 Å². The lowest BCUT2D eigenvalue weighted by molar-refractivity contribution is 0.0730. The van der Waals surface area contributed by atoms with Gasteiger partial charge in [0.2, 0.25) is 0 Å². The first kappa shape index (κ1) is 13.1. The number of benzene rings is 1. The molecule has 0 aliphatic carbocycles. The maximum Gasteiger partial charge on any atom is 0.274 e. The van der Waals surface area contributed by atoms with Crippen LogP contribution in [0.5, 0.6) is 0 Å². The molecule has 3 heterocycles. The van der Waals surface area contributed by atoms with Crippen molar-refractivity contribution in [3.63, 3.8) is 0 Å². The third-order valence-electron chi connectivity index (χ3n) is 4.28. The molecule has 1 saturated heterocycles. The second kappa shape index (κ2) is 5.30. The monoisotopic (exact) mass is 291 g/mol. The van der Waals surface area contributed by atoms with Crippen LogP contribution in [0.4, 0.5) is 0 Å². The number of imidazole rings is 1. The lowest BCUT2D eigenvalue weighted by Crippen LogP contribution is -2.30. The molecule has 0 radical (unpaired) electrons. The lowest BCUT2D eigenvalue weighted by Gasteiger charge is -2.24. The van der Waals surface area contributed by atoms with Crippen molar-refractivity contribution in [1.29, 1.82) is 0 Å². The van der Waals surface area contributed by atoms with E-state index in [1.54, 1.807) is 0 Å². The fraction of sp³-hybridized carbons (Fsp3) is 0.222. The topological polar surface area (TPSA) is 37.6 Å². The highest BCUT2D eigenvalue weighted by Gasteiger charge is 2.31. The van der Waals surface area contributed by atoms with Gasteiger partial charge in [-0.1, -0.05) is 36.4 Å². The van der Waals surface area contributed by atoms with Crippen molar-refractivity contribution in [3.8, 4) is 0 Å². The summed E-state index contributed by atoms with van der Waals surface area (Å²) in [6, 6.07) is 16.2. The van der Waals surface area contributed by atoms with Gasteiger partial charge in [0, 0.05) is 18.9 Å². The van der Waals surface area contributed by atoms with E-state index in [1.165, 1.54) is 5.56 Å². The zero-order chi connectivity index (χ0) is 14.9. The summed E-state index contributed by atoms with van der Waals surface area (Å²) in [5.41, 5.74) is 2.53. The minimum Gasteiger partial charge on any atom is -0.330 e. The summed E-state index contributed by atoms with van der Waals surface area (Å²) in [5, 5.41) is 0. The quantitative estimate of drug-likeness (QED) is 0.726. The largest absolute Gasteiger partial charge is 0.330 e. The van der Waals surface area contributed by atoms with Crippen LogP contribution < -0.4 is 0 Å². The molecule has 1 amide bonds. The zero-order valence-electron chi connectivity index (χ0n) is 12.2. The number of carbonyl (C=O) groups is 1. The highest BCUT2D eigenvalue weighted by molar-refractivity contribution is 5.93. The number of hydrogen-bond donors (Lipinski definition) is 0. The van der Waals surface area contributed by atoms with Crippen LogP contribution in [0.2, 0.25) is 0 Å². The first-order chi connectivity index (χ1) is 10.8. The van der Waals surface area contributed by atoms with Crippen molar-refractivity contribution < 1.29 is 4.79 Å². The number of hydrogen-bond acceptors (Lipinski definition) is 2. The lowest BCUT2D eigenvalue weighted by atomic mass is 10.0. The van der Waals surface area contributed by atoms with Gasteiger partial charge in [-0.25, -0.2) is 4.98 Å². The van der Waals surface area contributed by atoms with Crippen molar-refractivity contribution in [2.75, 3.05) is 6.54 Å². The van der Waals surface area contributed by atoms with Crippen molar-refractivity contribution in [2.24, 2.45) is 0 Å². The fourth-order valence-electron chi connectivity index (χ4n) is 3.22. The van der Waals surface area contributed by atoms with E-state index in [0.29, 0.717) is 5.69 Å².